The molecule has 5 atom stereocenters. The van der Waals surface area contributed by atoms with Crippen molar-refractivity contribution in [2.24, 2.45) is 0 Å². The number of aliphatic hydroxyl groups is 2. The summed E-state index contributed by atoms with van der Waals surface area (Å²) in [5.74, 6) is -1.18. The van der Waals surface area contributed by atoms with Crippen molar-refractivity contribution in [3.05, 3.63) is 0 Å². The van der Waals surface area contributed by atoms with Crippen LogP contribution >= 0.6 is 0 Å². The van der Waals surface area contributed by atoms with Crippen LogP contribution in [0.4, 0.5) is 0 Å². The summed E-state index contributed by atoms with van der Waals surface area (Å²) >= 11 is 0. The van der Waals surface area contributed by atoms with E-state index in [1.54, 1.807) is 0 Å². The molecule has 2 N–H and O–H groups in total. The number of ether oxygens (including phenoxy) is 4. The first kappa shape index (κ1) is 15.8. The molecular weight excluding hydrogens is 260 g/mol. The molecule has 1 fully saturated rings. The molecule has 0 aromatic heterocycles. The Labute approximate surface area is 110 Å². The summed E-state index contributed by atoms with van der Waals surface area (Å²) < 4.78 is 19.8. The molecule has 0 bridgehead atoms. The lowest BCUT2D eigenvalue weighted by molar-refractivity contribution is -0.298. The van der Waals surface area contributed by atoms with Gasteiger partial charge in [-0.25, -0.2) is 0 Å². The smallest absolute Gasteiger partial charge is 0.303 e. The predicted octanol–water partition coefficient (Wildman–Crippen LogP) is -1.43. The lowest BCUT2D eigenvalue weighted by Gasteiger charge is -2.40. The Balaban J connectivity index is 2.72. The highest BCUT2D eigenvalue weighted by atomic mass is 16.7. The van der Waals surface area contributed by atoms with E-state index in [1.165, 1.54) is 14.0 Å². The van der Waals surface area contributed by atoms with E-state index in [-0.39, 0.29) is 6.61 Å². The Morgan fingerprint density at radius 1 is 1.16 bits per heavy atom. The zero-order chi connectivity index (χ0) is 14.6. The summed E-state index contributed by atoms with van der Waals surface area (Å²) in [7, 11) is 1.30. The third kappa shape index (κ3) is 4.13. The van der Waals surface area contributed by atoms with Gasteiger partial charge in [0.2, 0.25) is 0 Å². The average molecular weight is 278 g/mol. The molecular formula is C11H18O8. The topological polar surface area (TPSA) is 112 Å². The second-order valence-electron chi connectivity index (χ2n) is 4.14. The normalized spacial score (nSPS) is 34.7. The number of rotatable bonds is 4. The maximum atomic E-state index is 10.9. The van der Waals surface area contributed by atoms with Crippen LogP contribution < -0.4 is 0 Å². The predicted molar refractivity (Wildman–Crippen MR) is 59.9 cm³/mol. The number of aliphatic hydroxyl groups excluding tert-OH is 2. The van der Waals surface area contributed by atoms with Crippen LogP contribution in [0.2, 0.25) is 0 Å². The summed E-state index contributed by atoms with van der Waals surface area (Å²) in [6, 6.07) is 0. The van der Waals surface area contributed by atoms with Gasteiger partial charge in [-0.3, -0.25) is 9.59 Å². The molecule has 0 radical (unpaired) electrons. The van der Waals surface area contributed by atoms with Gasteiger partial charge in [0, 0.05) is 21.0 Å². The first-order valence-corrected chi connectivity index (χ1v) is 5.71. The molecule has 8 nitrogen and oxygen atoms in total. The molecule has 110 valence electrons. The molecule has 19 heavy (non-hydrogen) atoms. The van der Waals surface area contributed by atoms with Crippen molar-refractivity contribution in [1.82, 2.24) is 0 Å². The average Bonchev–Trinajstić information content (AvgIpc) is 2.33. The second kappa shape index (κ2) is 6.80. The first-order chi connectivity index (χ1) is 8.86. The van der Waals surface area contributed by atoms with E-state index in [2.05, 4.69) is 0 Å². The van der Waals surface area contributed by atoms with Gasteiger partial charge in [0.1, 0.15) is 24.9 Å². The van der Waals surface area contributed by atoms with Crippen LogP contribution in [0, 0.1) is 0 Å². The molecule has 3 unspecified atom stereocenters. The van der Waals surface area contributed by atoms with Crippen molar-refractivity contribution in [3.8, 4) is 0 Å². The zero-order valence-electron chi connectivity index (χ0n) is 10.9. The van der Waals surface area contributed by atoms with Gasteiger partial charge in [-0.05, 0) is 0 Å². The maximum Gasteiger partial charge on any atom is 0.303 e. The number of carbonyl (C=O) groups is 2. The van der Waals surface area contributed by atoms with E-state index < -0.39 is 42.6 Å². The van der Waals surface area contributed by atoms with E-state index in [9.17, 15) is 19.8 Å². The molecule has 0 saturated carbocycles. The van der Waals surface area contributed by atoms with Crippen LogP contribution in [0.5, 0.6) is 0 Å². The highest BCUT2D eigenvalue weighted by molar-refractivity contribution is 5.66. The third-order valence-corrected chi connectivity index (χ3v) is 2.63. The van der Waals surface area contributed by atoms with E-state index in [0.717, 1.165) is 6.92 Å². The molecule has 0 aromatic carbocycles. The fourth-order valence-electron chi connectivity index (χ4n) is 1.75. The monoisotopic (exact) mass is 278 g/mol. The van der Waals surface area contributed by atoms with Gasteiger partial charge in [0.15, 0.2) is 12.4 Å². The standard InChI is InChI=1S/C11H18O8/c1-5(12)17-4-7-8(14)9(15)10(18-6(2)13)11(16-3)19-7/h7-11,14-15H,4H2,1-3H3/t7?,8-,9?,10?,11-/m1/s1. The van der Waals surface area contributed by atoms with Crippen molar-refractivity contribution < 1.29 is 38.7 Å². The van der Waals surface area contributed by atoms with Crippen molar-refractivity contribution >= 4 is 11.9 Å². The van der Waals surface area contributed by atoms with E-state index in [4.69, 9.17) is 18.9 Å². The van der Waals surface area contributed by atoms with E-state index in [0.29, 0.717) is 0 Å². The van der Waals surface area contributed by atoms with Crippen LogP contribution in [-0.4, -0.2) is 66.6 Å². The van der Waals surface area contributed by atoms with E-state index in [1.807, 2.05) is 0 Å². The summed E-state index contributed by atoms with van der Waals surface area (Å²) in [5, 5.41) is 19.7. The molecule has 1 saturated heterocycles. The fraction of sp³-hybridized carbons (Fsp3) is 0.818. The highest BCUT2D eigenvalue weighted by Crippen LogP contribution is 2.24. The SMILES string of the molecule is CO[C@@H]1OC(COC(C)=O)[C@@H](O)C(O)C1OC(C)=O. The van der Waals surface area contributed by atoms with Crippen LogP contribution in [-0.2, 0) is 28.5 Å². The minimum absolute atomic E-state index is 0.236. The Kier molecular flexibility index (Phi) is 5.67. The summed E-state index contributed by atoms with van der Waals surface area (Å²) in [6.07, 6.45) is -5.93. The summed E-state index contributed by atoms with van der Waals surface area (Å²) in [6.45, 7) is 2.14. The first-order valence-electron chi connectivity index (χ1n) is 5.71. The number of methoxy groups -OCH3 is 1. The van der Waals surface area contributed by atoms with Gasteiger partial charge in [-0.2, -0.15) is 0 Å². The molecule has 1 aliphatic rings. The third-order valence-electron chi connectivity index (χ3n) is 2.63. The van der Waals surface area contributed by atoms with Gasteiger partial charge < -0.3 is 29.2 Å². The van der Waals surface area contributed by atoms with Crippen LogP contribution in [0.25, 0.3) is 0 Å². The van der Waals surface area contributed by atoms with Crippen LogP contribution in [0.15, 0.2) is 0 Å². The molecule has 1 rings (SSSR count). The van der Waals surface area contributed by atoms with Crippen molar-refractivity contribution in [1.29, 1.82) is 0 Å². The number of hydrogen-bond acceptors (Lipinski definition) is 8. The summed E-state index contributed by atoms with van der Waals surface area (Å²) in [5.41, 5.74) is 0. The highest BCUT2D eigenvalue weighted by Gasteiger charge is 2.47. The molecule has 0 aliphatic carbocycles. The van der Waals surface area contributed by atoms with Crippen molar-refractivity contribution in [3.63, 3.8) is 0 Å². The fourth-order valence-corrected chi connectivity index (χ4v) is 1.75. The van der Waals surface area contributed by atoms with Crippen molar-refractivity contribution in [2.75, 3.05) is 13.7 Å². The second-order valence-corrected chi connectivity index (χ2v) is 4.14. The minimum atomic E-state index is -1.40. The lowest BCUT2D eigenvalue weighted by atomic mass is 9.99. The molecule has 0 amide bonds. The Morgan fingerprint density at radius 3 is 2.26 bits per heavy atom. The summed E-state index contributed by atoms with van der Waals surface area (Å²) in [4.78, 5) is 21.6. The maximum absolute atomic E-state index is 10.9. The van der Waals surface area contributed by atoms with E-state index >= 15 is 0 Å². The largest absolute Gasteiger partial charge is 0.463 e. The Bertz CT molecular complexity index is 327. The van der Waals surface area contributed by atoms with Crippen LogP contribution in [0.1, 0.15) is 13.8 Å². The molecule has 1 heterocycles. The van der Waals surface area contributed by atoms with Gasteiger partial charge in [-0.15, -0.1) is 0 Å². The quantitative estimate of drug-likeness (QED) is 0.602. The number of carbonyl (C=O) groups excluding carboxylic acids is 2. The Hall–Kier alpha value is -1.22. The van der Waals surface area contributed by atoms with Gasteiger partial charge in [-0.1, -0.05) is 0 Å². The molecule has 0 spiro atoms. The number of hydrogen-bond donors (Lipinski definition) is 2. The molecule has 1 aliphatic heterocycles. The molecule has 8 heteroatoms. The zero-order valence-corrected chi connectivity index (χ0v) is 10.9. The molecule has 0 aromatic rings. The van der Waals surface area contributed by atoms with Gasteiger partial charge in [0.25, 0.3) is 0 Å². The number of esters is 2. The Morgan fingerprint density at radius 2 is 1.79 bits per heavy atom. The van der Waals surface area contributed by atoms with Gasteiger partial charge in [0.05, 0.1) is 0 Å². The lowest BCUT2D eigenvalue weighted by Crippen LogP contribution is -2.60. The van der Waals surface area contributed by atoms with Crippen molar-refractivity contribution in [2.45, 2.75) is 44.6 Å². The minimum Gasteiger partial charge on any atom is -0.463 e. The van der Waals surface area contributed by atoms with Crippen LogP contribution in [0.3, 0.4) is 0 Å². The van der Waals surface area contributed by atoms with Gasteiger partial charge >= 0.3 is 11.9 Å².